The van der Waals surface area contributed by atoms with Gasteiger partial charge in [0.1, 0.15) is 12.4 Å². The highest BCUT2D eigenvalue weighted by Gasteiger charge is 2.19. The molecule has 1 fully saturated rings. The van der Waals surface area contributed by atoms with Crippen molar-refractivity contribution < 1.29 is 23.7 Å². The summed E-state index contributed by atoms with van der Waals surface area (Å²) in [6, 6.07) is 5.62. The zero-order chi connectivity index (χ0) is 20.1. The Morgan fingerprint density at radius 1 is 1.29 bits per heavy atom. The van der Waals surface area contributed by atoms with Crippen LogP contribution in [0.25, 0.3) is 6.08 Å². The highest BCUT2D eigenvalue weighted by atomic mass is 16.5. The van der Waals surface area contributed by atoms with E-state index < -0.39 is 0 Å². The Labute approximate surface area is 165 Å². The second-order valence-electron chi connectivity index (χ2n) is 7.12. The van der Waals surface area contributed by atoms with E-state index in [1.807, 2.05) is 43.0 Å². The first-order chi connectivity index (χ1) is 13.5. The zero-order valence-corrected chi connectivity index (χ0v) is 16.9. The number of benzene rings is 1. The lowest BCUT2D eigenvalue weighted by atomic mass is 10.1. The van der Waals surface area contributed by atoms with E-state index in [1.54, 1.807) is 13.2 Å². The van der Waals surface area contributed by atoms with Crippen LogP contribution in [0.3, 0.4) is 0 Å². The van der Waals surface area contributed by atoms with Gasteiger partial charge in [0.05, 0.1) is 51.6 Å². The maximum absolute atomic E-state index is 12.4. The minimum Gasteiger partial charge on any atom is -0.493 e. The molecule has 2 heterocycles. The van der Waals surface area contributed by atoms with Gasteiger partial charge in [0.25, 0.3) is 0 Å². The van der Waals surface area contributed by atoms with Gasteiger partial charge in [0.15, 0.2) is 11.5 Å². The number of likely N-dealkylation sites (N-methyl/N-ethyl adjacent to an activating group) is 1. The molecule has 1 saturated heterocycles. The lowest BCUT2D eigenvalue weighted by molar-refractivity contribution is -0.883. The molecule has 0 aliphatic carbocycles. The summed E-state index contributed by atoms with van der Waals surface area (Å²) in [4.78, 5) is 15.7. The van der Waals surface area contributed by atoms with Crippen molar-refractivity contribution in [1.82, 2.24) is 10.1 Å². The number of aromatic nitrogens is 1. The highest BCUT2D eigenvalue weighted by molar-refractivity contribution is 5.91. The molecule has 0 spiro atoms. The number of aryl methyl sites for hydroxylation is 2. The molecule has 1 N–H and O–H groups in total. The quantitative estimate of drug-likeness (QED) is 0.757. The molecule has 0 saturated carbocycles. The predicted octanol–water partition coefficient (Wildman–Crippen LogP) is 1.25. The molecule has 3 rings (SSSR count). The number of nitrogens with one attached hydrogen (secondary N) is 1. The number of carbonyl (C=O) groups is 1. The second-order valence-corrected chi connectivity index (χ2v) is 7.12. The number of methoxy groups -OCH3 is 1. The highest BCUT2D eigenvalue weighted by Crippen LogP contribution is 2.30. The van der Waals surface area contributed by atoms with Crippen LogP contribution in [0.5, 0.6) is 11.5 Å². The Morgan fingerprint density at radius 2 is 2.04 bits per heavy atom. The standard InChI is InChI=1S/C21H27N3O4/c1-15-18(16(2)28-22-15)14-27-19-7-5-17(13-20(19)26-4)6-8-21(25)24-11-9-23(3)10-12-24/h5-8,13H,9-12,14H2,1-4H3/p+1/b8-6+. The molecule has 1 aliphatic heterocycles. The first kappa shape index (κ1) is 19.9. The summed E-state index contributed by atoms with van der Waals surface area (Å²) in [7, 11) is 3.75. The summed E-state index contributed by atoms with van der Waals surface area (Å²) in [5.74, 6) is 2.04. The van der Waals surface area contributed by atoms with E-state index in [4.69, 9.17) is 14.0 Å². The molecular weight excluding hydrogens is 358 g/mol. The third kappa shape index (κ3) is 4.72. The Kier molecular flexibility index (Phi) is 6.36. The SMILES string of the molecule is COc1cc(/C=C/C(=O)N2CC[NH+](C)CC2)ccc1OCc1c(C)noc1C. The lowest BCUT2D eigenvalue weighted by Gasteiger charge is -2.29. The topological polar surface area (TPSA) is 69.2 Å². The predicted molar refractivity (Wildman–Crippen MR) is 106 cm³/mol. The van der Waals surface area contributed by atoms with Gasteiger partial charge in [0.2, 0.25) is 5.91 Å². The van der Waals surface area contributed by atoms with Crippen LogP contribution in [0.15, 0.2) is 28.8 Å². The van der Waals surface area contributed by atoms with Gasteiger partial charge >= 0.3 is 0 Å². The number of hydrogen-bond acceptors (Lipinski definition) is 5. The third-order valence-electron chi connectivity index (χ3n) is 5.09. The number of amides is 1. The fourth-order valence-corrected chi connectivity index (χ4v) is 3.15. The molecule has 150 valence electrons. The van der Waals surface area contributed by atoms with Gasteiger partial charge < -0.3 is 23.8 Å². The molecule has 2 aromatic rings. The van der Waals surface area contributed by atoms with E-state index in [9.17, 15) is 4.79 Å². The Bertz CT molecular complexity index is 832. The Balaban J connectivity index is 1.64. The molecule has 0 radical (unpaired) electrons. The fourth-order valence-electron chi connectivity index (χ4n) is 3.15. The Morgan fingerprint density at radius 3 is 2.68 bits per heavy atom. The molecule has 1 aromatic carbocycles. The smallest absolute Gasteiger partial charge is 0.246 e. The summed E-state index contributed by atoms with van der Waals surface area (Å²) in [5, 5.41) is 3.94. The molecular formula is C21H28N3O4+. The van der Waals surface area contributed by atoms with Crippen LogP contribution in [-0.4, -0.2) is 56.3 Å². The van der Waals surface area contributed by atoms with E-state index in [-0.39, 0.29) is 5.91 Å². The van der Waals surface area contributed by atoms with E-state index in [2.05, 4.69) is 12.2 Å². The maximum atomic E-state index is 12.4. The summed E-state index contributed by atoms with van der Waals surface area (Å²) in [6.07, 6.45) is 3.44. The largest absolute Gasteiger partial charge is 0.493 e. The number of piperazine rings is 1. The average Bonchev–Trinajstić information content (AvgIpc) is 3.03. The molecule has 1 amide bonds. The van der Waals surface area contributed by atoms with Crippen LogP contribution >= 0.6 is 0 Å². The number of carbonyl (C=O) groups excluding carboxylic acids is 1. The average molecular weight is 386 g/mol. The molecule has 0 unspecified atom stereocenters. The minimum atomic E-state index is 0.0465. The first-order valence-corrected chi connectivity index (χ1v) is 9.49. The normalized spacial score (nSPS) is 15.2. The van der Waals surface area contributed by atoms with Crippen molar-refractivity contribution in [2.24, 2.45) is 0 Å². The minimum absolute atomic E-state index is 0.0465. The van der Waals surface area contributed by atoms with Crippen LogP contribution < -0.4 is 14.4 Å². The van der Waals surface area contributed by atoms with Gasteiger partial charge in [-0.1, -0.05) is 11.2 Å². The molecule has 1 aromatic heterocycles. The number of nitrogens with zero attached hydrogens (tertiary/aromatic N) is 2. The number of rotatable bonds is 6. The third-order valence-corrected chi connectivity index (χ3v) is 5.09. The van der Waals surface area contributed by atoms with Crippen LogP contribution in [0.2, 0.25) is 0 Å². The lowest BCUT2D eigenvalue weighted by Crippen LogP contribution is -3.12. The van der Waals surface area contributed by atoms with Crippen molar-refractivity contribution in [2.45, 2.75) is 20.5 Å². The summed E-state index contributed by atoms with van der Waals surface area (Å²) in [5.41, 5.74) is 2.64. The second kappa shape index (κ2) is 8.93. The van der Waals surface area contributed by atoms with Gasteiger partial charge in [0, 0.05) is 6.08 Å². The summed E-state index contributed by atoms with van der Waals surface area (Å²) >= 11 is 0. The summed E-state index contributed by atoms with van der Waals surface area (Å²) in [6.45, 7) is 7.69. The van der Waals surface area contributed by atoms with Crippen molar-refractivity contribution in [2.75, 3.05) is 40.3 Å². The Hall–Kier alpha value is -2.80. The van der Waals surface area contributed by atoms with Crippen molar-refractivity contribution in [3.63, 3.8) is 0 Å². The van der Waals surface area contributed by atoms with Crippen molar-refractivity contribution in [3.05, 3.63) is 46.9 Å². The molecule has 1 aliphatic rings. The molecule has 0 bridgehead atoms. The number of quaternary nitrogens is 1. The van der Waals surface area contributed by atoms with Crippen LogP contribution in [-0.2, 0) is 11.4 Å². The van der Waals surface area contributed by atoms with Gasteiger partial charge in [-0.05, 0) is 37.6 Å². The molecule has 7 heteroatoms. The van der Waals surface area contributed by atoms with Crippen molar-refractivity contribution >= 4 is 12.0 Å². The van der Waals surface area contributed by atoms with Gasteiger partial charge in [-0.2, -0.15) is 0 Å². The van der Waals surface area contributed by atoms with E-state index >= 15 is 0 Å². The molecule has 28 heavy (non-hydrogen) atoms. The maximum Gasteiger partial charge on any atom is 0.246 e. The monoisotopic (exact) mass is 386 g/mol. The van der Waals surface area contributed by atoms with E-state index in [0.717, 1.165) is 48.8 Å². The van der Waals surface area contributed by atoms with Gasteiger partial charge in [-0.25, -0.2) is 0 Å². The van der Waals surface area contributed by atoms with Crippen LogP contribution in [0.1, 0.15) is 22.6 Å². The van der Waals surface area contributed by atoms with E-state index in [1.165, 1.54) is 4.90 Å². The van der Waals surface area contributed by atoms with Crippen LogP contribution in [0, 0.1) is 13.8 Å². The van der Waals surface area contributed by atoms with Crippen molar-refractivity contribution in [3.8, 4) is 11.5 Å². The van der Waals surface area contributed by atoms with Gasteiger partial charge in [-0.15, -0.1) is 0 Å². The number of ether oxygens (including phenoxy) is 2. The fraction of sp³-hybridized carbons (Fsp3) is 0.429. The number of hydrogen-bond donors (Lipinski definition) is 1. The molecule has 7 nitrogen and oxygen atoms in total. The van der Waals surface area contributed by atoms with E-state index in [0.29, 0.717) is 18.1 Å². The zero-order valence-electron chi connectivity index (χ0n) is 16.9. The van der Waals surface area contributed by atoms with Gasteiger partial charge in [-0.3, -0.25) is 4.79 Å². The van der Waals surface area contributed by atoms with Crippen LogP contribution in [0.4, 0.5) is 0 Å². The van der Waals surface area contributed by atoms with Crippen molar-refractivity contribution in [1.29, 1.82) is 0 Å². The molecule has 0 atom stereocenters. The summed E-state index contributed by atoms with van der Waals surface area (Å²) < 4.78 is 16.5. The first-order valence-electron chi connectivity index (χ1n) is 9.49.